The highest BCUT2D eigenvalue weighted by Crippen LogP contribution is 2.07. The summed E-state index contributed by atoms with van der Waals surface area (Å²) in [4.78, 5) is 18.0. The normalized spacial score (nSPS) is 12.3. The molecule has 116 valence electrons. The van der Waals surface area contributed by atoms with Crippen molar-refractivity contribution in [2.24, 2.45) is 4.99 Å². The molecule has 1 aromatic carbocycles. The van der Waals surface area contributed by atoms with E-state index in [1.807, 2.05) is 49.3 Å². The van der Waals surface area contributed by atoms with Crippen LogP contribution < -0.4 is 0 Å². The molecule has 0 fully saturated rings. The van der Waals surface area contributed by atoms with E-state index >= 15 is 0 Å². The van der Waals surface area contributed by atoms with Crippen molar-refractivity contribution in [1.82, 2.24) is 4.90 Å². The van der Waals surface area contributed by atoms with Crippen LogP contribution in [-0.2, 0) is 16.0 Å². The molecule has 0 saturated carbocycles. The average Bonchev–Trinajstić information content (AvgIpc) is 2.48. The molecule has 1 aromatic rings. The number of ether oxygens (including phenoxy) is 1. The number of carbonyl (C=O) groups excluding carboxylic acids is 1. The molecule has 1 rings (SSSR count). The van der Waals surface area contributed by atoms with Gasteiger partial charge in [0.15, 0.2) is 0 Å². The van der Waals surface area contributed by atoms with Crippen molar-refractivity contribution in [3.63, 3.8) is 0 Å². The van der Waals surface area contributed by atoms with E-state index in [0.29, 0.717) is 13.0 Å². The zero-order valence-corrected chi connectivity index (χ0v) is 13.3. The Bertz CT molecular complexity index is 430. The first kappa shape index (κ1) is 17.2. The zero-order chi connectivity index (χ0) is 15.5. The second-order valence-corrected chi connectivity index (χ2v) is 5.28. The molecule has 0 bridgehead atoms. The topological polar surface area (TPSA) is 41.9 Å². The Morgan fingerprint density at radius 2 is 2.05 bits per heavy atom. The first-order valence-corrected chi connectivity index (χ1v) is 7.51. The van der Waals surface area contributed by atoms with E-state index in [4.69, 9.17) is 4.74 Å². The second-order valence-electron chi connectivity index (χ2n) is 5.28. The minimum Gasteiger partial charge on any atom is -0.465 e. The van der Waals surface area contributed by atoms with Crippen molar-refractivity contribution in [3.8, 4) is 0 Å². The van der Waals surface area contributed by atoms with Gasteiger partial charge >= 0.3 is 5.97 Å². The molecule has 0 aliphatic heterocycles. The Morgan fingerprint density at radius 3 is 2.67 bits per heavy atom. The number of hydrogen-bond donors (Lipinski definition) is 0. The van der Waals surface area contributed by atoms with Crippen LogP contribution in [0.3, 0.4) is 0 Å². The number of hydrogen-bond acceptors (Lipinski definition) is 3. The largest absolute Gasteiger partial charge is 0.465 e. The van der Waals surface area contributed by atoms with Gasteiger partial charge in [-0.25, -0.2) is 0 Å². The monoisotopic (exact) mass is 290 g/mol. The maximum atomic E-state index is 11.7. The lowest BCUT2D eigenvalue weighted by Gasteiger charge is -2.11. The highest BCUT2D eigenvalue weighted by Gasteiger charge is 2.09. The van der Waals surface area contributed by atoms with Crippen molar-refractivity contribution in [1.29, 1.82) is 0 Å². The van der Waals surface area contributed by atoms with Gasteiger partial charge in [0.25, 0.3) is 0 Å². The molecule has 0 N–H and O–H groups in total. The van der Waals surface area contributed by atoms with E-state index in [1.54, 1.807) is 6.34 Å². The van der Waals surface area contributed by atoms with Crippen LogP contribution in [0, 0.1) is 0 Å². The van der Waals surface area contributed by atoms with E-state index in [2.05, 4.69) is 11.9 Å². The molecule has 1 atom stereocenters. The van der Waals surface area contributed by atoms with Gasteiger partial charge in [0.05, 0.1) is 19.0 Å². The van der Waals surface area contributed by atoms with Gasteiger partial charge in [-0.15, -0.1) is 0 Å². The van der Waals surface area contributed by atoms with Crippen LogP contribution in [0.15, 0.2) is 35.3 Å². The number of aliphatic imine (C=N–C) groups is 1. The molecule has 4 nitrogen and oxygen atoms in total. The Labute approximate surface area is 127 Å². The molecule has 4 heteroatoms. The standard InChI is InChI=1S/C17H26N2O2/c1-4-16(18-14-19(2)3)10-11-17(20)21-13-12-15-8-6-5-7-9-15/h5-9,14,16H,4,10-13H2,1-3H3. The quantitative estimate of drug-likeness (QED) is 0.399. The zero-order valence-electron chi connectivity index (χ0n) is 13.3. The Hall–Kier alpha value is -1.84. The summed E-state index contributed by atoms with van der Waals surface area (Å²) in [5.74, 6) is -0.135. The van der Waals surface area contributed by atoms with Crippen molar-refractivity contribution >= 4 is 12.3 Å². The molecule has 0 heterocycles. The number of benzene rings is 1. The van der Waals surface area contributed by atoms with Gasteiger partial charge in [-0.05, 0) is 18.4 Å². The Balaban J connectivity index is 2.21. The van der Waals surface area contributed by atoms with Crippen molar-refractivity contribution in [2.75, 3.05) is 20.7 Å². The van der Waals surface area contributed by atoms with E-state index in [0.717, 1.165) is 19.3 Å². The molecule has 0 radical (unpaired) electrons. The van der Waals surface area contributed by atoms with E-state index in [9.17, 15) is 4.79 Å². The second kappa shape index (κ2) is 9.97. The minimum atomic E-state index is -0.135. The third-order valence-corrected chi connectivity index (χ3v) is 3.16. The van der Waals surface area contributed by atoms with Crippen LogP contribution in [-0.4, -0.2) is 44.0 Å². The highest BCUT2D eigenvalue weighted by molar-refractivity contribution is 5.69. The highest BCUT2D eigenvalue weighted by atomic mass is 16.5. The lowest BCUT2D eigenvalue weighted by atomic mass is 10.1. The van der Waals surface area contributed by atoms with Crippen molar-refractivity contribution < 1.29 is 9.53 Å². The molecule has 0 aliphatic carbocycles. The van der Waals surface area contributed by atoms with Gasteiger partial charge in [0.2, 0.25) is 0 Å². The van der Waals surface area contributed by atoms with E-state index in [-0.39, 0.29) is 12.0 Å². The average molecular weight is 290 g/mol. The summed E-state index contributed by atoms with van der Waals surface area (Å²) in [5, 5.41) is 0. The Morgan fingerprint density at radius 1 is 1.33 bits per heavy atom. The van der Waals surface area contributed by atoms with Crippen LogP contribution in [0.25, 0.3) is 0 Å². The Kier molecular flexibility index (Phi) is 8.17. The summed E-state index contributed by atoms with van der Waals surface area (Å²) in [6.45, 7) is 2.53. The predicted molar refractivity (Wildman–Crippen MR) is 86.6 cm³/mol. The fourth-order valence-corrected chi connectivity index (χ4v) is 1.90. The lowest BCUT2D eigenvalue weighted by molar-refractivity contribution is -0.143. The maximum Gasteiger partial charge on any atom is 0.305 e. The molecule has 0 amide bonds. The van der Waals surface area contributed by atoms with Gasteiger partial charge in [-0.1, -0.05) is 37.3 Å². The van der Waals surface area contributed by atoms with Gasteiger partial charge < -0.3 is 9.64 Å². The number of nitrogens with zero attached hydrogens (tertiary/aromatic N) is 2. The summed E-state index contributed by atoms with van der Waals surface area (Å²) >= 11 is 0. The molecular formula is C17H26N2O2. The molecule has 0 aromatic heterocycles. The third-order valence-electron chi connectivity index (χ3n) is 3.16. The van der Waals surface area contributed by atoms with E-state index < -0.39 is 0 Å². The van der Waals surface area contributed by atoms with Crippen LogP contribution >= 0.6 is 0 Å². The van der Waals surface area contributed by atoms with Crippen molar-refractivity contribution in [2.45, 2.75) is 38.6 Å². The van der Waals surface area contributed by atoms with Crippen LogP contribution in [0.1, 0.15) is 31.7 Å². The number of esters is 1. The fraction of sp³-hybridized carbons (Fsp3) is 0.529. The number of rotatable bonds is 9. The van der Waals surface area contributed by atoms with Crippen LogP contribution in [0.2, 0.25) is 0 Å². The summed E-state index contributed by atoms with van der Waals surface area (Å²) in [6, 6.07) is 10.2. The SMILES string of the molecule is CCC(CCC(=O)OCCc1ccccc1)N=CN(C)C. The smallest absolute Gasteiger partial charge is 0.305 e. The molecule has 0 aliphatic rings. The maximum absolute atomic E-state index is 11.7. The third kappa shape index (κ3) is 8.12. The van der Waals surface area contributed by atoms with Crippen molar-refractivity contribution in [3.05, 3.63) is 35.9 Å². The minimum absolute atomic E-state index is 0.135. The fourth-order valence-electron chi connectivity index (χ4n) is 1.90. The first-order valence-electron chi connectivity index (χ1n) is 7.51. The predicted octanol–water partition coefficient (Wildman–Crippen LogP) is 2.92. The van der Waals surface area contributed by atoms with Gasteiger partial charge in [-0.2, -0.15) is 0 Å². The number of carbonyl (C=O) groups is 1. The summed E-state index contributed by atoms with van der Waals surface area (Å²) in [6.07, 6.45) is 4.67. The lowest BCUT2D eigenvalue weighted by Crippen LogP contribution is -2.14. The van der Waals surface area contributed by atoms with Crippen LogP contribution in [0.4, 0.5) is 0 Å². The summed E-state index contributed by atoms with van der Waals surface area (Å²) < 4.78 is 5.27. The van der Waals surface area contributed by atoms with Gasteiger partial charge in [0, 0.05) is 26.9 Å². The summed E-state index contributed by atoms with van der Waals surface area (Å²) in [5.41, 5.74) is 1.19. The van der Waals surface area contributed by atoms with E-state index in [1.165, 1.54) is 5.56 Å². The first-order chi connectivity index (χ1) is 10.1. The van der Waals surface area contributed by atoms with Gasteiger partial charge in [0.1, 0.15) is 0 Å². The van der Waals surface area contributed by atoms with Gasteiger partial charge in [-0.3, -0.25) is 9.79 Å². The molecule has 0 spiro atoms. The van der Waals surface area contributed by atoms with Crippen LogP contribution in [0.5, 0.6) is 0 Å². The molecule has 21 heavy (non-hydrogen) atoms. The molecule has 1 unspecified atom stereocenters. The summed E-state index contributed by atoms with van der Waals surface area (Å²) in [7, 11) is 3.88. The molecular weight excluding hydrogens is 264 g/mol. The molecule has 0 saturated heterocycles.